The Balaban J connectivity index is 1.64. The van der Waals surface area contributed by atoms with Gasteiger partial charge in [-0.1, -0.05) is 13.0 Å². The van der Waals surface area contributed by atoms with Gasteiger partial charge in [-0.05, 0) is 31.4 Å². The molecule has 2 aromatic rings. The summed E-state index contributed by atoms with van der Waals surface area (Å²) in [6.45, 7) is 3.93. The van der Waals surface area contributed by atoms with Crippen molar-refractivity contribution in [2.24, 2.45) is 11.0 Å². The number of nitrogens with zero attached hydrogens (tertiary/aromatic N) is 3. The number of amides is 1. The van der Waals surface area contributed by atoms with Crippen molar-refractivity contribution >= 4 is 28.7 Å². The van der Waals surface area contributed by atoms with Crippen molar-refractivity contribution in [3.8, 4) is 0 Å². The quantitative estimate of drug-likeness (QED) is 0.925. The van der Waals surface area contributed by atoms with Crippen molar-refractivity contribution in [2.45, 2.75) is 32.6 Å². The zero-order valence-corrected chi connectivity index (χ0v) is 13.2. The minimum atomic E-state index is -0.0585. The third kappa shape index (κ3) is 2.69. The highest BCUT2D eigenvalue weighted by atomic mass is 16.4. The molecule has 0 bridgehead atoms. The number of rotatable bonds is 2. The molecule has 6 heteroatoms. The SMILES string of the molecule is CC1CC(c2ccc3nc(N4CCCCC4)oc3c2)=NNC1=O. The molecule has 1 unspecified atom stereocenters. The summed E-state index contributed by atoms with van der Waals surface area (Å²) in [6.07, 6.45) is 4.31. The van der Waals surface area contributed by atoms with Gasteiger partial charge in [-0.2, -0.15) is 10.1 Å². The molecule has 0 radical (unpaired) electrons. The Bertz CT molecular complexity index is 774. The lowest BCUT2D eigenvalue weighted by Gasteiger charge is -2.24. The number of piperidine rings is 1. The summed E-state index contributed by atoms with van der Waals surface area (Å²) in [5, 5.41) is 4.18. The normalized spacial score (nSPS) is 22.1. The monoisotopic (exact) mass is 312 g/mol. The van der Waals surface area contributed by atoms with Crippen LogP contribution >= 0.6 is 0 Å². The molecule has 2 aliphatic heterocycles. The lowest BCUT2D eigenvalue weighted by atomic mass is 9.97. The smallest absolute Gasteiger partial charge is 0.298 e. The van der Waals surface area contributed by atoms with Gasteiger partial charge in [0.25, 0.3) is 6.01 Å². The molecule has 1 atom stereocenters. The van der Waals surface area contributed by atoms with Crippen LogP contribution in [0.4, 0.5) is 6.01 Å². The molecular formula is C17H20N4O2. The van der Waals surface area contributed by atoms with Crippen molar-refractivity contribution in [1.82, 2.24) is 10.4 Å². The number of fused-ring (bicyclic) bond motifs is 1. The number of nitrogens with one attached hydrogen (secondary N) is 1. The molecule has 120 valence electrons. The molecule has 6 nitrogen and oxygen atoms in total. The maximum atomic E-state index is 11.5. The average Bonchev–Trinajstić information content (AvgIpc) is 3.01. The van der Waals surface area contributed by atoms with Gasteiger partial charge in [0.05, 0.1) is 5.71 Å². The highest BCUT2D eigenvalue weighted by Crippen LogP contribution is 2.26. The van der Waals surface area contributed by atoms with E-state index in [1.54, 1.807) is 0 Å². The Morgan fingerprint density at radius 2 is 2.09 bits per heavy atom. The first kappa shape index (κ1) is 14.2. The van der Waals surface area contributed by atoms with Gasteiger partial charge in [-0.25, -0.2) is 5.43 Å². The Labute approximate surface area is 134 Å². The maximum Gasteiger partial charge on any atom is 0.298 e. The summed E-state index contributed by atoms with van der Waals surface area (Å²) in [4.78, 5) is 18.3. The highest BCUT2D eigenvalue weighted by Gasteiger charge is 2.22. The fourth-order valence-electron chi connectivity index (χ4n) is 3.16. The van der Waals surface area contributed by atoms with Gasteiger partial charge in [0, 0.05) is 31.0 Å². The molecular weight excluding hydrogens is 292 g/mol. The van der Waals surface area contributed by atoms with E-state index in [0.29, 0.717) is 12.4 Å². The van der Waals surface area contributed by atoms with Crippen LogP contribution < -0.4 is 10.3 Å². The van der Waals surface area contributed by atoms with E-state index in [1.807, 2.05) is 25.1 Å². The summed E-state index contributed by atoms with van der Waals surface area (Å²) in [6, 6.07) is 6.64. The Kier molecular flexibility index (Phi) is 3.52. The van der Waals surface area contributed by atoms with Crippen LogP contribution in [0, 0.1) is 5.92 Å². The fourth-order valence-corrected chi connectivity index (χ4v) is 3.16. The molecule has 23 heavy (non-hydrogen) atoms. The van der Waals surface area contributed by atoms with Crippen LogP contribution in [0.1, 0.15) is 38.2 Å². The third-order valence-corrected chi connectivity index (χ3v) is 4.59. The van der Waals surface area contributed by atoms with Crippen molar-refractivity contribution in [3.05, 3.63) is 23.8 Å². The van der Waals surface area contributed by atoms with E-state index in [-0.39, 0.29) is 11.8 Å². The van der Waals surface area contributed by atoms with Crippen molar-refractivity contribution in [3.63, 3.8) is 0 Å². The zero-order valence-electron chi connectivity index (χ0n) is 13.2. The molecule has 1 aromatic carbocycles. The van der Waals surface area contributed by atoms with E-state index in [0.717, 1.165) is 35.5 Å². The topological polar surface area (TPSA) is 70.7 Å². The van der Waals surface area contributed by atoms with E-state index >= 15 is 0 Å². The maximum absolute atomic E-state index is 11.5. The van der Waals surface area contributed by atoms with Gasteiger partial charge in [0.1, 0.15) is 5.52 Å². The van der Waals surface area contributed by atoms with Crippen LogP contribution in [0.5, 0.6) is 0 Å². The van der Waals surface area contributed by atoms with Crippen molar-refractivity contribution in [2.75, 3.05) is 18.0 Å². The molecule has 2 aliphatic rings. The standard InChI is InChI=1S/C17H20N4O2/c1-11-9-14(19-20-16(11)22)12-5-6-13-15(10-12)23-17(18-13)21-7-3-2-4-8-21/h5-6,10-11H,2-4,7-9H2,1H3,(H,20,22). The second-order valence-electron chi connectivity index (χ2n) is 6.37. The molecule has 0 spiro atoms. The van der Waals surface area contributed by atoms with E-state index in [2.05, 4.69) is 20.4 Å². The number of hydrogen-bond donors (Lipinski definition) is 1. The van der Waals surface area contributed by atoms with E-state index in [9.17, 15) is 4.79 Å². The number of hydrazone groups is 1. The predicted octanol–water partition coefficient (Wildman–Crippen LogP) is 2.68. The van der Waals surface area contributed by atoms with Gasteiger partial charge in [-0.15, -0.1) is 0 Å². The summed E-state index contributed by atoms with van der Waals surface area (Å²) in [5.41, 5.74) is 6.08. The molecule has 1 fully saturated rings. The molecule has 4 rings (SSSR count). The van der Waals surface area contributed by atoms with Crippen LogP contribution in [-0.2, 0) is 4.79 Å². The summed E-state index contributed by atoms with van der Waals surface area (Å²) in [5.74, 6) is -0.0845. The number of carbonyl (C=O) groups is 1. The zero-order chi connectivity index (χ0) is 15.8. The average molecular weight is 312 g/mol. The number of anilines is 1. The van der Waals surface area contributed by atoms with Crippen LogP contribution in [0.2, 0.25) is 0 Å². The molecule has 0 saturated carbocycles. The van der Waals surface area contributed by atoms with Gasteiger partial charge < -0.3 is 9.32 Å². The first-order valence-corrected chi connectivity index (χ1v) is 8.23. The van der Waals surface area contributed by atoms with Crippen molar-refractivity contribution in [1.29, 1.82) is 0 Å². The molecule has 3 heterocycles. The largest absolute Gasteiger partial charge is 0.423 e. The first-order valence-electron chi connectivity index (χ1n) is 8.23. The van der Waals surface area contributed by atoms with Crippen LogP contribution in [0.25, 0.3) is 11.1 Å². The Morgan fingerprint density at radius 1 is 1.26 bits per heavy atom. The van der Waals surface area contributed by atoms with Gasteiger partial charge in [0.2, 0.25) is 5.91 Å². The van der Waals surface area contributed by atoms with Gasteiger partial charge in [-0.3, -0.25) is 4.79 Å². The molecule has 1 amide bonds. The number of oxazole rings is 1. The van der Waals surface area contributed by atoms with Crippen LogP contribution in [0.3, 0.4) is 0 Å². The first-order chi connectivity index (χ1) is 11.2. The van der Waals surface area contributed by atoms with Gasteiger partial charge >= 0.3 is 0 Å². The fraction of sp³-hybridized carbons (Fsp3) is 0.471. The second-order valence-corrected chi connectivity index (χ2v) is 6.37. The number of hydrogen-bond acceptors (Lipinski definition) is 5. The number of carbonyl (C=O) groups excluding carboxylic acids is 1. The molecule has 0 aliphatic carbocycles. The van der Waals surface area contributed by atoms with Crippen molar-refractivity contribution < 1.29 is 9.21 Å². The number of aromatic nitrogens is 1. The summed E-state index contributed by atoms with van der Waals surface area (Å²) >= 11 is 0. The van der Waals surface area contributed by atoms with E-state index in [1.165, 1.54) is 19.3 Å². The highest BCUT2D eigenvalue weighted by molar-refractivity contribution is 6.06. The lowest BCUT2D eigenvalue weighted by Crippen LogP contribution is -2.33. The lowest BCUT2D eigenvalue weighted by molar-refractivity contribution is -0.124. The van der Waals surface area contributed by atoms with E-state index < -0.39 is 0 Å². The molecule has 1 N–H and O–H groups in total. The Morgan fingerprint density at radius 3 is 2.87 bits per heavy atom. The predicted molar refractivity (Wildman–Crippen MR) is 88.5 cm³/mol. The second kappa shape index (κ2) is 5.68. The Hall–Kier alpha value is -2.37. The number of benzene rings is 1. The van der Waals surface area contributed by atoms with Gasteiger partial charge in [0.15, 0.2) is 5.58 Å². The third-order valence-electron chi connectivity index (χ3n) is 4.59. The minimum absolute atomic E-state index is 0.0260. The van der Waals surface area contributed by atoms with Crippen LogP contribution in [0.15, 0.2) is 27.7 Å². The summed E-state index contributed by atoms with van der Waals surface area (Å²) < 4.78 is 5.96. The minimum Gasteiger partial charge on any atom is -0.423 e. The van der Waals surface area contributed by atoms with E-state index in [4.69, 9.17) is 4.42 Å². The van der Waals surface area contributed by atoms with Crippen LogP contribution in [-0.4, -0.2) is 29.7 Å². The molecule has 1 saturated heterocycles. The summed E-state index contributed by atoms with van der Waals surface area (Å²) in [7, 11) is 0. The molecule has 1 aromatic heterocycles.